The van der Waals surface area contributed by atoms with Crippen LogP contribution in [0.2, 0.25) is 5.02 Å². The number of hydrogen-bond acceptors (Lipinski definition) is 5. The molecule has 0 saturated carbocycles. The predicted octanol–water partition coefficient (Wildman–Crippen LogP) is 1.75. The number of halogens is 1. The molecule has 7 heteroatoms. The molecule has 2 aliphatic rings. The number of rotatable bonds is 5. The largest absolute Gasteiger partial charge is 0.486 e. The smallest absolute Gasteiger partial charge is 0.317 e. The molecule has 126 valence electrons. The lowest BCUT2D eigenvalue weighted by molar-refractivity contribution is -0.136. The zero-order chi connectivity index (χ0) is 16.4. The van der Waals surface area contributed by atoms with Crippen molar-refractivity contribution >= 4 is 17.6 Å². The minimum atomic E-state index is -0.830. The second kappa shape index (κ2) is 6.55. The lowest BCUT2D eigenvalue weighted by Gasteiger charge is -2.26. The molecule has 1 aromatic carbocycles. The number of likely N-dealkylation sites (tertiary alicyclic amines) is 1. The molecule has 2 aliphatic heterocycles. The maximum atomic E-state index is 10.7. The number of aliphatic carboxylic acids is 1. The Labute approximate surface area is 140 Å². The first-order valence-electron chi connectivity index (χ1n) is 7.72. The van der Waals surface area contributed by atoms with E-state index in [0.717, 1.165) is 31.6 Å². The quantitative estimate of drug-likeness (QED) is 0.851. The highest BCUT2D eigenvalue weighted by Crippen LogP contribution is 2.38. The van der Waals surface area contributed by atoms with Crippen LogP contribution in [0.25, 0.3) is 0 Å². The molecule has 0 amide bonds. The molecule has 0 bridgehead atoms. The van der Waals surface area contributed by atoms with E-state index < -0.39 is 5.97 Å². The number of nitrogens with one attached hydrogen (secondary N) is 1. The first-order chi connectivity index (χ1) is 11.0. The van der Waals surface area contributed by atoms with Crippen LogP contribution in [0.5, 0.6) is 11.5 Å². The fraction of sp³-hybridized carbons (Fsp3) is 0.562. The minimum absolute atomic E-state index is 0.0137. The lowest BCUT2D eigenvalue weighted by Crippen LogP contribution is -2.46. The highest BCUT2D eigenvalue weighted by atomic mass is 35.5. The third kappa shape index (κ3) is 3.88. The van der Waals surface area contributed by atoms with Crippen LogP contribution in [-0.4, -0.2) is 54.4 Å². The van der Waals surface area contributed by atoms with Crippen LogP contribution in [0.1, 0.15) is 18.9 Å². The SMILES string of the molecule is C[C@]1(NCC(=O)O)CCN(Cc2cc(Cl)c3c(c2)OCCO3)C1. The van der Waals surface area contributed by atoms with Crippen molar-refractivity contribution in [3.63, 3.8) is 0 Å². The van der Waals surface area contributed by atoms with Crippen molar-refractivity contribution < 1.29 is 19.4 Å². The van der Waals surface area contributed by atoms with E-state index >= 15 is 0 Å². The number of nitrogens with zero attached hydrogens (tertiary/aromatic N) is 1. The van der Waals surface area contributed by atoms with Crippen LogP contribution in [0.15, 0.2) is 12.1 Å². The van der Waals surface area contributed by atoms with Gasteiger partial charge in [0.1, 0.15) is 13.2 Å². The van der Waals surface area contributed by atoms with Gasteiger partial charge in [-0.3, -0.25) is 9.69 Å². The number of hydrogen-bond donors (Lipinski definition) is 2. The van der Waals surface area contributed by atoms with Gasteiger partial charge in [0.05, 0.1) is 11.6 Å². The molecule has 0 unspecified atom stereocenters. The molecular formula is C16H21ClN2O4. The molecule has 3 rings (SSSR count). The monoisotopic (exact) mass is 340 g/mol. The molecule has 23 heavy (non-hydrogen) atoms. The number of benzene rings is 1. The van der Waals surface area contributed by atoms with Crippen molar-refractivity contribution in [1.29, 1.82) is 0 Å². The van der Waals surface area contributed by atoms with Gasteiger partial charge in [-0.15, -0.1) is 0 Å². The summed E-state index contributed by atoms with van der Waals surface area (Å²) in [6.07, 6.45) is 0.915. The third-order valence-corrected chi connectivity index (χ3v) is 4.56. The van der Waals surface area contributed by atoms with E-state index in [1.54, 1.807) is 0 Å². The van der Waals surface area contributed by atoms with Gasteiger partial charge in [-0.2, -0.15) is 0 Å². The van der Waals surface area contributed by atoms with Crippen LogP contribution in [0, 0.1) is 0 Å². The van der Waals surface area contributed by atoms with Gasteiger partial charge >= 0.3 is 5.97 Å². The first-order valence-corrected chi connectivity index (χ1v) is 8.10. The van der Waals surface area contributed by atoms with Crippen LogP contribution >= 0.6 is 11.6 Å². The molecule has 0 aromatic heterocycles. The Morgan fingerprint density at radius 2 is 2.22 bits per heavy atom. The molecule has 1 saturated heterocycles. The Hall–Kier alpha value is -1.50. The summed E-state index contributed by atoms with van der Waals surface area (Å²) in [6.45, 7) is 5.56. The van der Waals surface area contributed by atoms with Gasteiger partial charge in [-0.1, -0.05) is 11.6 Å². The van der Waals surface area contributed by atoms with E-state index in [1.165, 1.54) is 0 Å². The standard InChI is InChI=1S/C16H21ClN2O4/c1-16(18-8-14(20)21)2-3-19(10-16)9-11-6-12(17)15-13(7-11)22-4-5-23-15/h6-7,18H,2-5,8-10H2,1H3,(H,20,21)/t16-/m0/s1. The fourth-order valence-corrected chi connectivity index (χ4v) is 3.43. The Kier molecular flexibility index (Phi) is 4.66. The normalized spacial score (nSPS) is 23.9. The average Bonchev–Trinajstić information content (AvgIpc) is 2.87. The predicted molar refractivity (Wildman–Crippen MR) is 86.4 cm³/mol. The highest BCUT2D eigenvalue weighted by molar-refractivity contribution is 6.32. The maximum Gasteiger partial charge on any atom is 0.317 e. The number of carbonyl (C=O) groups is 1. The third-order valence-electron chi connectivity index (χ3n) is 4.28. The van der Waals surface area contributed by atoms with Crippen molar-refractivity contribution in [3.8, 4) is 11.5 Å². The summed E-state index contributed by atoms with van der Waals surface area (Å²) in [6, 6.07) is 3.89. The zero-order valence-corrected chi connectivity index (χ0v) is 13.9. The summed E-state index contributed by atoms with van der Waals surface area (Å²) in [7, 11) is 0. The molecule has 0 aliphatic carbocycles. The average molecular weight is 341 g/mol. The second-order valence-electron chi connectivity index (χ2n) is 6.37. The van der Waals surface area contributed by atoms with Gasteiger partial charge in [0.2, 0.25) is 0 Å². The second-order valence-corrected chi connectivity index (χ2v) is 6.78. The van der Waals surface area contributed by atoms with E-state index in [0.29, 0.717) is 29.7 Å². The van der Waals surface area contributed by atoms with Crippen LogP contribution in [0.4, 0.5) is 0 Å². The molecule has 2 heterocycles. The van der Waals surface area contributed by atoms with Gasteiger partial charge in [-0.25, -0.2) is 0 Å². The summed E-state index contributed by atoms with van der Waals surface area (Å²) >= 11 is 6.27. The lowest BCUT2D eigenvalue weighted by atomic mass is 10.0. The number of fused-ring (bicyclic) bond motifs is 1. The van der Waals surface area contributed by atoms with Gasteiger partial charge in [0.25, 0.3) is 0 Å². The summed E-state index contributed by atoms with van der Waals surface area (Å²) in [5.41, 5.74) is 0.900. The van der Waals surface area contributed by atoms with Gasteiger partial charge in [0.15, 0.2) is 11.5 Å². The summed E-state index contributed by atoms with van der Waals surface area (Å²) in [5, 5.41) is 12.5. The Balaban J connectivity index is 1.64. The Morgan fingerprint density at radius 1 is 1.43 bits per heavy atom. The molecular weight excluding hydrogens is 320 g/mol. The van der Waals surface area contributed by atoms with Crippen molar-refractivity contribution in [3.05, 3.63) is 22.7 Å². The zero-order valence-electron chi connectivity index (χ0n) is 13.1. The number of carboxylic acid groups (broad SMARTS) is 1. The van der Waals surface area contributed by atoms with Crippen molar-refractivity contribution in [1.82, 2.24) is 10.2 Å². The molecule has 0 spiro atoms. The number of ether oxygens (including phenoxy) is 2. The van der Waals surface area contributed by atoms with Crippen molar-refractivity contribution in [2.45, 2.75) is 25.4 Å². The molecule has 0 radical (unpaired) electrons. The van der Waals surface area contributed by atoms with Crippen LogP contribution in [-0.2, 0) is 11.3 Å². The van der Waals surface area contributed by atoms with Crippen LogP contribution in [0.3, 0.4) is 0 Å². The van der Waals surface area contributed by atoms with E-state index in [-0.39, 0.29) is 12.1 Å². The van der Waals surface area contributed by atoms with E-state index in [9.17, 15) is 4.79 Å². The maximum absolute atomic E-state index is 10.7. The van der Waals surface area contributed by atoms with Crippen molar-refractivity contribution in [2.75, 3.05) is 32.8 Å². The van der Waals surface area contributed by atoms with Crippen LogP contribution < -0.4 is 14.8 Å². The summed E-state index contributed by atoms with van der Waals surface area (Å²) in [4.78, 5) is 13.0. The molecule has 1 aromatic rings. The van der Waals surface area contributed by atoms with E-state index in [1.807, 2.05) is 12.1 Å². The Bertz CT molecular complexity index is 610. The summed E-state index contributed by atoms with van der Waals surface area (Å²) < 4.78 is 11.1. The van der Waals surface area contributed by atoms with Gasteiger partial charge in [-0.05, 0) is 31.0 Å². The molecule has 6 nitrogen and oxygen atoms in total. The highest BCUT2D eigenvalue weighted by Gasteiger charge is 2.33. The molecule has 1 fully saturated rings. The fourth-order valence-electron chi connectivity index (χ4n) is 3.14. The van der Waals surface area contributed by atoms with Gasteiger partial charge in [0, 0.05) is 25.2 Å². The Morgan fingerprint density at radius 3 is 3.00 bits per heavy atom. The summed E-state index contributed by atoms with van der Waals surface area (Å²) in [5.74, 6) is 0.490. The molecule has 2 N–H and O–H groups in total. The van der Waals surface area contributed by atoms with E-state index in [4.69, 9.17) is 26.2 Å². The van der Waals surface area contributed by atoms with Crippen molar-refractivity contribution in [2.24, 2.45) is 0 Å². The van der Waals surface area contributed by atoms with Gasteiger partial charge < -0.3 is 19.9 Å². The first kappa shape index (κ1) is 16.4. The molecule has 1 atom stereocenters. The van der Waals surface area contributed by atoms with E-state index in [2.05, 4.69) is 17.1 Å². The topological polar surface area (TPSA) is 71.0 Å². The number of carboxylic acids is 1. The minimum Gasteiger partial charge on any atom is -0.486 e.